The number of carbonyl (C=O) groups excluding carboxylic acids is 1. The average Bonchev–Trinajstić information content (AvgIpc) is 3.53. The van der Waals surface area contributed by atoms with Gasteiger partial charge in [0.05, 0.1) is 16.7 Å². The van der Waals surface area contributed by atoms with Crippen molar-refractivity contribution in [1.82, 2.24) is 24.8 Å². The van der Waals surface area contributed by atoms with Crippen LogP contribution in [-0.4, -0.2) is 31.1 Å². The summed E-state index contributed by atoms with van der Waals surface area (Å²) in [6.45, 7) is 4.10. The first-order valence-corrected chi connectivity index (χ1v) is 12.2. The number of rotatable bonds is 3. The van der Waals surface area contributed by atoms with E-state index in [1.54, 1.807) is 26.9 Å². The number of halogens is 1. The zero-order chi connectivity index (χ0) is 22.9. The Hall–Kier alpha value is -2.95. The molecule has 32 heavy (non-hydrogen) atoms. The Morgan fingerprint density at radius 1 is 1.00 bits per heavy atom. The van der Waals surface area contributed by atoms with Gasteiger partial charge in [0.1, 0.15) is 17.3 Å². The van der Waals surface area contributed by atoms with E-state index in [9.17, 15) is 4.79 Å². The van der Waals surface area contributed by atoms with Crippen molar-refractivity contribution in [3.8, 4) is 11.3 Å². The van der Waals surface area contributed by atoms with Crippen molar-refractivity contribution in [2.24, 2.45) is 0 Å². The van der Waals surface area contributed by atoms with Crippen molar-refractivity contribution in [3.63, 3.8) is 0 Å². The van der Waals surface area contributed by atoms with Crippen LogP contribution in [0.5, 0.6) is 0 Å². The lowest BCUT2D eigenvalue weighted by atomic mass is 10.1. The lowest BCUT2D eigenvalue weighted by Gasteiger charge is -2.01. The Labute approximate surface area is 202 Å². The van der Waals surface area contributed by atoms with E-state index >= 15 is 0 Å². The predicted octanol–water partition coefficient (Wildman–Crippen LogP) is 5.52. The molecule has 10 heteroatoms. The van der Waals surface area contributed by atoms with Crippen LogP contribution in [0.25, 0.3) is 16.2 Å². The van der Waals surface area contributed by atoms with Crippen molar-refractivity contribution in [1.29, 1.82) is 0 Å². The van der Waals surface area contributed by atoms with Gasteiger partial charge in [-0.3, -0.25) is 0 Å². The molecule has 0 aliphatic carbocycles. The average molecular weight is 529 g/mol. The highest BCUT2D eigenvalue weighted by Gasteiger charge is 2.05. The molecule has 7 nitrogen and oxygen atoms in total. The minimum Gasteiger partial charge on any atom is -0.374 e. The number of hydrogen-bond donors (Lipinski definition) is 1. The molecule has 164 valence electrons. The molecule has 1 unspecified atom stereocenters. The highest BCUT2D eigenvalue weighted by Crippen LogP contribution is 2.21. The maximum absolute atomic E-state index is 10.3. The summed E-state index contributed by atoms with van der Waals surface area (Å²) >= 11 is 6.12. The van der Waals surface area contributed by atoms with Crippen molar-refractivity contribution in [2.75, 3.05) is 5.73 Å². The molecule has 0 aliphatic heterocycles. The second-order valence-corrected chi connectivity index (χ2v) is 9.35. The fourth-order valence-corrected chi connectivity index (χ4v) is 3.72. The molecular weight excluding hydrogens is 508 g/mol. The zero-order valence-corrected chi connectivity index (χ0v) is 20.6. The number of fused-ring (bicyclic) bond motifs is 1. The second kappa shape index (κ2) is 11.6. The molecule has 1 atom stereocenters. The molecule has 0 saturated carbocycles. The van der Waals surface area contributed by atoms with E-state index < -0.39 is 0 Å². The summed E-state index contributed by atoms with van der Waals surface area (Å²) in [6, 6.07) is 16.2. The molecule has 5 rings (SSSR count). The van der Waals surface area contributed by atoms with Crippen molar-refractivity contribution < 1.29 is 4.79 Å². The van der Waals surface area contributed by atoms with Gasteiger partial charge in [0.2, 0.25) is 10.1 Å². The molecule has 2 aromatic carbocycles. The van der Waals surface area contributed by atoms with Gasteiger partial charge in [-0.05, 0) is 19.4 Å². The van der Waals surface area contributed by atoms with Crippen LogP contribution >= 0.6 is 38.6 Å². The molecule has 3 aromatic heterocycles. The van der Waals surface area contributed by atoms with Gasteiger partial charge in [-0.15, -0.1) is 10.2 Å². The van der Waals surface area contributed by atoms with Gasteiger partial charge in [-0.25, -0.2) is 9.50 Å². The fraction of sp³-hybridized carbons (Fsp3) is 0.136. The number of hydrogen-bond acceptors (Lipinski definition) is 8. The molecule has 0 radical (unpaired) electrons. The van der Waals surface area contributed by atoms with Crippen molar-refractivity contribution >= 4 is 55.0 Å². The van der Waals surface area contributed by atoms with Crippen LogP contribution in [0.3, 0.4) is 0 Å². The number of nitrogens with zero attached hydrogens (tertiary/aromatic N) is 5. The van der Waals surface area contributed by atoms with E-state index in [1.807, 2.05) is 37.4 Å². The van der Waals surface area contributed by atoms with E-state index in [2.05, 4.69) is 67.4 Å². The Balaban J connectivity index is 0.000000149. The molecule has 3 heterocycles. The number of aromatic nitrogens is 5. The quantitative estimate of drug-likeness (QED) is 0.244. The summed E-state index contributed by atoms with van der Waals surface area (Å²) in [5.74, 6) is 0. The molecule has 0 saturated heterocycles. The lowest BCUT2D eigenvalue weighted by Crippen LogP contribution is -1.89. The van der Waals surface area contributed by atoms with Crippen LogP contribution in [0.4, 0.5) is 5.13 Å². The van der Waals surface area contributed by atoms with Crippen LogP contribution in [0, 0.1) is 13.8 Å². The molecule has 0 bridgehead atoms. The molecule has 0 aliphatic rings. The zero-order valence-electron chi connectivity index (χ0n) is 17.4. The highest BCUT2D eigenvalue weighted by atomic mass is 79.9. The van der Waals surface area contributed by atoms with Crippen molar-refractivity contribution in [3.05, 3.63) is 82.4 Å². The van der Waals surface area contributed by atoms with Gasteiger partial charge >= 0.3 is 0 Å². The van der Waals surface area contributed by atoms with Crippen LogP contribution in [0.2, 0.25) is 0 Å². The summed E-state index contributed by atoms with van der Waals surface area (Å²) in [5.41, 5.74) is 14.1. The van der Waals surface area contributed by atoms with E-state index in [0.29, 0.717) is 5.13 Å². The van der Waals surface area contributed by atoms with E-state index in [-0.39, 0.29) is 4.83 Å². The number of benzene rings is 2. The molecular formula is C22H21BrN6OS2. The van der Waals surface area contributed by atoms with E-state index in [4.69, 9.17) is 5.73 Å². The van der Waals surface area contributed by atoms with Crippen LogP contribution in [-0.2, 0) is 4.79 Å². The van der Waals surface area contributed by atoms with Gasteiger partial charge in [0, 0.05) is 5.56 Å². The van der Waals surface area contributed by atoms with E-state index in [0.717, 1.165) is 28.1 Å². The number of imidazole rings is 1. The number of alkyl halides is 1. The van der Waals surface area contributed by atoms with Gasteiger partial charge in [0.15, 0.2) is 0 Å². The number of aryl methyl sites for hydroxylation is 2. The Kier molecular flexibility index (Phi) is 8.60. The fourth-order valence-electron chi connectivity index (χ4n) is 2.51. The summed E-state index contributed by atoms with van der Waals surface area (Å²) < 4.78 is 1.81. The van der Waals surface area contributed by atoms with Gasteiger partial charge in [-0.1, -0.05) is 98.3 Å². The van der Waals surface area contributed by atoms with Gasteiger partial charge in [0.25, 0.3) is 0 Å². The molecule has 0 spiro atoms. The largest absolute Gasteiger partial charge is 0.374 e. The smallest absolute Gasteiger partial charge is 0.212 e. The maximum Gasteiger partial charge on any atom is 0.212 e. The second-order valence-electron chi connectivity index (χ2n) is 6.68. The Morgan fingerprint density at radius 2 is 1.66 bits per heavy atom. The first kappa shape index (κ1) is 23.7. The SMILES string of the molecule is Cc1ccc(-c2cn3ncsc3n2)cc1.Cc1ccc(C(Br)C=O)cc1.Nc1nncs1. The van der Waals surface area contributed by atoms with Crippen molar-refractivity contribution in [2.45, 2.75) is 18.7 Å². The van der Waals surface area contributed by atoms with Crippen LogP contribution in [0.1, 0.15) is 21.5 Å². The maximum atomic E-state index is 10.3. The number of carbonyl (C=O) groups is 1. The van der Waals surface area contributed by atoms with Crippen LogP contribution < -0.4 is 5.73 Å². The van der Waals surface area contributed by atoms with Gasteiger partial charge in [-0.2, -0.15) is 5.10 Å². The van der Waals surface area contributed by atoms with E-state index in [1.165, 1.54) is 22.5 Å². The summed E-state index contributed by atoms with van der Waals surface area (Å²) in [6.07, 6.45) is 2.83. The Morgan fingerprint density at radius 3 is 2.16 bits per heavy atom. The normalized spacial score (nSPS) is 11.1. The predicted molar refractivity (Wildman–Crippen MR) is 134 cm³/mol. The van der Waals surface area contributed by atoms with Crippen LogP contribution in [0.15, 0.2) is 65.7 Å². The third-order valence-electron chi connectivity index (χ3n) is 4.23. The minimum absolute atomic E-state index is 0.164. The highest BCUT2D eigenvalue weighted by molar-refractivity contribution is 9.09. The first-order valence-electron chi connectivity index (χ1n) is 9.49. The monoisotopic (exact) mass is 528 g/mol. The topological polar surface area (TPSA) is 99.1 Å². The summed E-state index contributed by atoms with van der Waals surface area (Å²) in [4.78, 5) is 15.6. The Bertz CT molecular complexity index is 1210. The lowest BCUT2D eigenvalue weighted by molar-refractivity contribution is -0.107. The number of aldehydes is 1. The molecule has 0 fully saturated rings. The standard InChI is InChI=1S/C11H9N3S.C9H9BrO.C2H3N3S/c1-8-2-4-9(5-3-8)10-6-14-11(13-10)15-7-12-14;1-7-2-4-8(5-3-7)9(10)6-11;3-2-5-4-1-6-2/h2-7H,1H3;2-6,9H,1H3;1H,(H2,3,5). The number of nitrogen functional groups attached to an aromatic ring is 1. The first-order chi connectivity index (χ1) is 15.5. The summed E-state index contributed by atoms with van der Waals surface area (Å²) in [7, 11) is 0. The molecule has 2 N–H and O–H groups in total. The summed E-state index contributed by atoms with van der Waals surface area (Å²) in [5, 5.41) is 11.6. The molecule has 5 aromatic rings. The third kappa shape index (κ3) is 6.78. The third-order valence-corrected chi connectivity index (χ3v) is 6.18. The minimum atomic E-state index is -0.164. The molecule has 0 amide bonds. The number of anilines is 1. The van der Waals surface area contributed by atoms with Gasteiger partial charge < -0.3 is 10.5 Å². The number of nitrogens with two attached hydrogens (primary N) is 1.